The van der Waals surface area contributed by atoms with Gasteiger partial charge in [-0.15, -0.1) is 0 Å². The molecule has 0 spiro atoms. The van der Waals surface area contributed by atoms with Gasteiger partial charge in [0.05, 0.1) is 11.4 Å². The molecule has 0 radical (unpaired) electrons. The van der Waals surface area contributed by atoms with Gasteiger partial charge in [0.15, 0.2) is 0 Å². The average molecular weight is 432 g/mol. The number of aryl methyl sites for hydroxylation is 2. The minimum Gasteiger partial charge on any atom is -0.320 e. The van der Waals surface area contributed by atoms with Crippen molar-refractivity contribution in [3.8, 4) is 0 Å². The third-order valence-electron chi connectivity index (χ3n) is 5.68. The summed E-state index contributed by atoms with van der Waals surface area (Å²) in [7, 11) is 0. The maximum Gasteiger partial charge on any atom is 0.324 e. The third-order valence-corrected chi connectivity index (χ3v) is 5.68. The number of nitrogens with one attached hydrogen (secondary N) is 1. The van der Waals surface area contributed by atoms with Crippen LogP contribution in [0.5, 0.6) is 0 Å². The molecule has 0 saturated carbocycles. The predicted octanol–water partition coefficient (Wildman–Crippen LogP) is 5.53. The fourth-order valence-corrected chi connectivity index (χ4v) is 3.96. The van der Waals surface area contributed by atoms with E-state index in [2.05, 4.69) is 5.32 Å². The molecule has 3 aromatic carbocycles. The van der Waals surface area contributed by atoms with Crippen LogP contribution in [0.1, 0.15) is 33.5 Å². The molecular weight excluding hydrogens is 405 g/mol. The normalized spacial score (nSPS) is 13.9. The highest BCUT2D eigenvalue weighted by molar-refractivity contribution is 6.08. The lowest BCUT2D eigenvalue weighted by Crippen LogP contribution is -2.49. The van der Waals surface area contributed by atoms with Crippen LogP contribution >= 0.6 is 0 Å². The number of halogens is 1. The first-order valence-electron chi connectivity index (χ1n) is 10.7. The molecule has 1 saturated heterocycles. The van der Waals surface area contributed by atoms with Gasteiger partial charge in [0, 0.05) is 25.2 Å². The molecule has 5 nitrogen and oxygen atoms in total. The quantitative estimate of drug-likeness (QED) is 0.578. The van der Waals surface area contributed by atoms with Gasteiger partial charge < -0.3 is 10.2 Å². The lowest BCUT2D eigenvalue weighted by molar-refractivity contribution is 0.102. The first kappa shape index (κ1) is 21.6. The third kappa shape index (κ3) is 4.64. The molecule has 1 aliphatic heterocycles. The summed E-state index contributed by atoms with van der Waals surface area (Å²) in [5.74, 6) is -0.503. The van der Waals surface area contributed by atoms with Crippen molar-refractivity contribution in [2.24, 2.45) is 0 Å². The molecule has 32 heavy (non-hydrogen) atoms. The lowest BCUT2D eigenvalue weighted by atomic mass is 10.1. The van der Waals surface area contributed by atoms with Crippen molar-refractivity contribution >= 4 is 23.3 Å². The van der Waals surface area contributed by atoms with Gasteiger partial charge in [0.2, 0.25) is 0 Å². The van der Waals surface area contributed by atoms with Gasteiger partial charge in [0.25, 0.3) is 5.91 Å². The SMILES string of the molecule is Cc1ccc(N2CCCN(Cc3ccc(F)cc3)C2=O)c(NC(=O)c2ccccc2C)c1. The Balaban J connectivity index is 1.58. The number of hydrogen-bond donors (Lipinski definition) is 1. The van der Waals surface area contributed by atoms with E-state index in [4.69, 9.17) is 0 Å². The van der Waals surface area contributed by atoms with E-state index in [9.17, 15) is 14.0 Å². The molecule has 4 rings (SSSR count). The summed E-state index contributed by atoms with van der Waals surface area (Å²) in [4.78, 5) is 29.7. The first-order chi connectivity index (χ1) is 15.4. The number of urea groups is 1. The molecule has 0 aliphatic carbocycles. The van der Waals surface area contributed by atoms with Crippen molar-refractivity contribution in [1.82, 2.24) is 4.90 Å². The molecule has 0 bridgehead atoms. The van der Waals surface area contributed by atoms with Crippen molar-refractivity contribution in [2.45, 2.75) is 26.8 Å². The topological polar surface area (TPSA) is 52.6 Å². The Labute approximate surface area is 187 Å². The fourth-order valence-electron chi connectivity index (χ4n) is 3.96. The van der Waals surface area contributed by atoms with E-state index in [0.29, 0.717) is 36.6 Å². The van der Waals surface area contributed by atoms with Crippen molar-refractivity contribution in [3.63, 3.8) is 0 Å². The Morgan fingerprint density at radius 3 is 2.50 bits per heavy atom. The van der Waals surface area contributed by atoms with Crippen LogP contribution in [-0.2, 0) is 6.54 Å². The number of amides is 3. The maximum absolute atomic E-state index is 13.3. The van der Waals surface area contributed by atoms with Crippen LogP contribution in [0, 0.1) is 19.7 Å². The number of benzene rings is 3. The van der Waals surface area contributed by atoms with Gasteiger partial charge >= 0.3 is 6.03 Å². The van der Waals surface area contributed by atoms with Gasteiger partial charge in [-0.3, -0.25) is 9.69 Å². The summed E-state index contributed by atoms with van der Waals surface area (Å²) in [5, 5.41) is 3.00. The highest BCUT2D eigenvalue weighted by Crippen LogP contribution is 2.31. The molecule has 164 valence electrons. The number of hydrogen-bond acceptors (Lipinski definition) is 2. The van der Waals surface area contributed by atoms with Crippen LogP contribution in [0.25, 0.3) is 0 Å². The second-order valence-electron chi connectivity index (χ2n) is 8.13. The van der Waals surface area contributed by atoms with Gasteiger partial charge in [-0.1, -0.05) is 36.4 Å². The Bertz CT molecular complexity index is 1140. The van der Waals surface area contributed by atoms with E-state index in [1.807, 2.05) is 50.2 Å². The van der Waals surface area contributed by atoms with Gasteiger partial charge in [0.1, 0.15) is 5.82 Å². The van der Waals surface area contributed by atoms with Crippen molar-refractivity contribution in [1.29, 1.82) is 0 Å². The van der Waals surface area contributed by atoms with Crippen LogP contribution in [-0.4, -0.2) is 29.9 Å². The molecule has 0 atom stereocenters. The highest BCUT2D eigenvalue weighted by Gasteiger charge is 2.29. The molecule has 0 unspecified atom stereocenters. The minimum atomic E-state index is -0.297. The molecule has 1 fully saturated rings. The number of anilines is 2. The van der Waals surface area contributed by atoms with E-state index in [0.717, 1.165) is 23.1 Å². The summed E-state index contributed by atoms with van der Waals surface area (Å²) in [6.45, 7) is 5.45. The van der Waals surface area contributed by atoms with E-state index >= 15 is 0 Å². The molecule has 3 amide bonds. The largest absolute Gasteiger partial charge is 0.324 e. The Hall–Kier alpha value is -3.67. The average Bonchev–Trinajstić information content (AvgIpc) is 2.77. The highest BCUT2D eigenvalue weighted by atomic mass is 19.1. The molecule has 3 aromatic rings. The summed E-state index contributed by atoms with van der Waals surface area (Å²) >= 11 is 0. The molecule has 1 N–H and O–H groups in total. The van der Waals surface area contributed by atoms with Crippen LogP contribution in [0.3, 0.4) is 0 Å². The van der Waals surface area contributed by atoms with Crippen LogP contribution in [0.2, 0.25) is 0 Å². The summed E-state index contributed by atoms with van der Waals surface area (Å²) in [5.41, 5.74) is 4.63. The Kier molecular flexibility index (Phi) is 6.21. The van der Waals surface area contributed by atoms with Crippen LogP contribution in [0.4, 0.5) is 20.6 Å². The van der Waals surface area contributed by atoms with E-state index < -0.39 is 0 Å². The predicted molar refractivity (Wildman–Crippen MR) is 124 cm³/mol. The van der Waals surface area contributed by atoms with Gasteiger partial charge in [-0.2, -0.15) is 0 Å². The van der Waals surface area contributed by atoms with E-state index in [1.165, 1.54) is 12.1 Å². The molecule has 0 aromatic heterocycles. The second-order valence-corrected chi connectivity index (χ2v) is 8.13. The van der Waals surface area contributed by atoms with E-state index in [-0.39, 0.29) is 17.8 Å². The number of rotatable bonds is 5. The van der Waals surface area contributed by atoms with Crippen LogP contribution in [0.15, 0.2) is 66.7 Å². The summed E-state index contributed by atoms with van der Waals surface area (Å²) in [6, 6.07) is 19.2. The van der Waals surface area contributed by atoms with Crippen LogP contribution < -0.4 is 10.2 Å². The lowest BCUT2D eigenvalue weighted by Gasteiger charge is -2.36. The summed E-state index contributed by atoms with van der Waals surface area (Å²) in [6.07, 6.45) is 0.798. The number of carbonyl (C=O) groups excluding carboxylic acids is 2. The standard InChI is InChI=1S/C26H26FN3O2/c1-18-8-13-24(23(16-18)28-25(31)22-7-4-3-6-19(22)2)30-15-5-14-29(26(30)32)17-20-9-11-21(27)12-10-20/h3-4,6-13,16H,5,14-15,17H2,1-2H3,(H,28,31). The zero-order valence-electron chi connectivity index (χ0n) is 18.3. The monoisotopic (exact) mass is 431 g/mol. The summed E-state index contributed by atoms with van der Waals surface area (Å²) < 4.78 is 13.2. The fraction of sp³-hybridized carbons (Fsp3) is 0.231. The maximum atomic E-state index is 13.3. The smallest absolute Gasteiger partial charge is 0.320 e. The minimum absolute atomic E-state index is 0.129. The second kappa shape index (κ2) is 9.22. The first-order valence-corrected chi connectivity index (χ1v) is 10.7. The zero-order valence-corrected chi connectivity index (χ0v) is 18.3. The number of nitrogens with zero attached hydrogens (tertiary/aromatic N) is 2. The van der Waals surface area contributed by atoms with Crippen molar-refractivity contribution in [2.75, 3.05) is 23.3 Å². The zero-order chi connectivity index (χ0) is 22.7. The molecular formula is C26H26FN3O2. The van der Waals surface area contributed by atoms with Crippen molar-refractivity contribution in [3.05, 3.63) is 94.8 Å². The number of carbonyl (C=O) groups is 2. The Morgan fingerprint density at radius 2 is 1.75 bits per heavy atom. The molecule has 1 heterocycles. The van der Waals surface area contributed by atoms with E-state index in [1.54, 1.807) is 28.0 Å². The molecule has 6 heteroatoms. The van der Waals surface area contributed by atoms with Gasteiger partial charge in [-0.25, -0.2) is 9.18 Å². The molecule has 1 aliphatic rings. The van der Waals surface area contributed by atoms with Gasteiger partial charge in [-0.05, 0) is 67.3 Å². The Morgan fingerprint density at radius 1 is 1.00 bits per heavy atom. The van der Waals surface area contributed by atoms with Crippen molar-refractivity contribution < 1.29 is 14.0 Å².